The molecule has 0 bridgehead atoms. The molecule has 1 aromatic rings. The molecule has 1 saturated heterocycles. The second-order valence-electron chi connectivity index (χ2n) is 3.99. The Morgan fingerprint density at radius 1 is 1.47 bits per heavy atom. The van der Waals surface area contributed by atoms with E-state index in [1.165, 1.54) is 0 Å². The highest BCUT2D eigenvalue weighted by Gasteiger charge is 2.27. The van der Waals surface area contributed by atoms with Crippen LogP contribution in [0.15, 0.2) is 0 Å². The van der Waals surface area contributed by atoms with E-state index in [1.54, 1.807) is 6.92 Å². The highest BCUT2D eigenvalue weighted by Crippen LogP contribution is 2.27. The molecule has 0 unspecified atom stereocenters. The summed E-state index contributed by atoms with van der Waals surface area (Å²) < 4.78 is 0. The number of hydrogen-bond acceptors (Lipinski definition) is 5. The lowest BCUT2D eigenvalue weighted by molar-refractivity contribution is 0.443. The minimum Gasteiger partial charge on any atom is -0.368 e. The van der Waals surface area contributed by atoms with Crippen molar-refractivity contribution in [3.8, 4) is 6.07 Å². The second kappa shape index (κ2) is 3.39. The molecule has 0 radical (unpaired) electrons. The van der Waals surface area contributed by atoms with Crippen LogP contribution in [0.4, 0.5) is 11.8 Å². The van der Waals surface area contributed by atoms with Crippen LogP contribution in [-0.4, -0.2) is 23.1 Å². The third-order valence-corrected chi connectivity index (χ3v) is 2.56. The SMILES string of the molecule is Cc1nc(N)nc(N2CC(C)C2)c1C#N. The van der Waals surface area contributed by atoms with Gasteiger partial charge in [0.25, 0.3) is 0 Å². The fourth-order valence-corrected chi connectivity index (χ4v) is 1.81. The average Bonchev–Trinajstić information content (AvgIpc) is 2.12. The molecule has 1 aliphatic rings. The van der Waals surface area contributed by atoms with Crippen molar-refractivity contribution in [2.45, 2.75) is 13.8 Å². The monoisotopic (exact) mass is 203 g/mol. The Bertz CT molecular complexity index is 428. The van der Waals surface area contributed by atoms with Crippen LogP contribution in [0.1, 0.15) is 18.2 Å². The smallest absolute Gasteiger partial charge is 0.222 e. The van der Waals surface area contributed by atoms with Crippen LogP contribution in [0.5, 0.6) is 0 Å². The molecule has 0 aromatic carbocycles. The van der Waals surface area contributed by atoms with Gasteiger partial charge in [0.15, 0.2) is 5.82 Å². The van der Waals surface area contributed by atoms with Gasteiger partial charge in [-0.3, -0.25) is 0 Å². The molecule has 5 heteroatoms. The molecular formula is C10H13N5. The van der Waals surface area contributed by atoms with Gasteiger partial charge in [0, 0.05) is 13.1 Å². The maximum Gasteiger partial charge on any atom is 0.222 e. The van der Waals surface area contributed by atoms with Gasteiger partial charge in [-0.15, -0.1) is 0 Å². The van der Waals surface area contributed by atoms with E-state index in [-0.39, 0.29) is 5.95 Å². The van der Waals surface area contributed by atoms with Crippen molar-refractivity contribution >= 4 is 11.8 Å². The van der Waals surface area contributed by atoms with Crippen LogP contribution in [0.2, 0.25) is 0 Å². The Labute approximate surface area is 88.5 Å². The third kappa shape index (κ3) is 1.59. The highest BCUT2D eigenvalue weighted by atomic mass is 15.3. The Morgan fingerprint density at radius 3 is 2.67 bits per heavy atom. The van der Waals surface area contributed by atoms with Crippen molar-refractivity contribution in [1.29, 1.82) is 5.26 Å². The zero-order valence-corrected chi connectivity index (χ0v) is 8.86. The number of hydrogen-bond donors (Lipinski definition) is 1. The molecule has 1 aliphatic heterocycles. The van der Waals surface area contributed by atoms with Crippen molar-refractivity contribution in [2.75, 3.05) is 23.7 Å². The van der Waals surface area contributed by atoms with E-state index in [9.17, 15) is 0 Å². The molecule has 15 heavy (non-hydrogen) atoms. The molecule has 0 aliphatic carbocycles. The number of nitrogens with two attached hydrogens (primary N) is 1. The fraction of sp³-hybridized carbons (Fsp3) is 0.500. The normalized spacial score (nSPS) is 15.9. The van der Waals surface area contributed by atoms with Gasteiger partial charge in [0.2, 0.25) is 5.95 Å². The van der Waals surface area contributed by atoms with Gasteiger partial charge >= 0.3 is 0 Å². The molecule has 5 nitrogen and oxygen atoms in total. The third-order valence-electron chi connectivity index (χ3n) is 2.56. The van der Waals surface area contributed by atoms with E-state index in [0.29, 0.717) is 23.0 Å². The zero-order chi connectivity index (χ0) is 11.0. The Balaban J connectivity index is 2.42. The van der Waals surface area contributed by atoms with E-state index in [1.807, 2.05) is 0 Å². The molecule has 0 saturated carbocycles. The predicted molar refractivity (Wildman–Crippen MR) is 57.3 cm³/mol. The van der Waals surface area contributed by atoms with Gasteiger partial charge in [0.05, 0.1) is 5.69 Å². The van der Waals surface area contributed by atoms with E-state index < -0.39 is 0 Å². The number of anilines is 2. The standard InChI is InChI=1S/C10H13N5/c1-6-4-15(5-6)9-8(3-11)7(2)13-10(12)14-9/h6H,4-5H2,1-2H3,(H2,12,13,14). The number of nitrogen functional groups attached to an aromatic ring is 1. The molecular weight excluding hydrogens is 190 g/mol. The number of aryl methyl sites for hydroxylation is 1. The average molecular weight is 203 g/mol. The summed E-state index contributed by atoms with van der Waals surface area (Å²) in [5.74, 6) is 1.58. The summed E-state index contributed by atoms with van der Waals surface area (Å²) in [5, 5.41) is 9.03. The summed E-state index contributed by atoms with van der Waals surface area (Å²) in [5.41, 5.74) is 6.77. The van der Waals surface area contributed by atoms with Crippen LogP contribution in [0.25, 0.3) is 0 Å². The molecule has 2 rings (SSSR count). The van der Waals surface area contributed by atoms with Gasteiger partial charge in [-0.25, -0.2) is 4.98 Å². The van der Waals surface area contributed by atoms with Crippen molar-refractivity contribution in [2.24, 2.45) is 5.92 Å². The first kappa shape index (κ1) is 9.71. The molecule has 1 fully saturated rings. The van der Waals surface area contributed by atoms with Crippen LogP contribution in [0, 0.1) is 24.2 Å². The minimum atomic E-state index is 0.237. The summed E-state index contributed by atoms with van der Waals surface area (Å²) in [6.07, 6.45) is 0. The zero-order valence-electron chi connectivity index (χ0n) is 8.86. The summed E-state index contributed by atoms with van der Waals surface area (Å²) in [6, 6.07) is 2.13. The lowest BCUT2D eigenvalue weighted by atomic mass is 10.0. The summed E-state index contributed by atoms with van der Waals surface area (Å²) in [6.45, 7) is 5.82. The van der Waals surface area contributed by atoms with Gasteiger partial charge in [-0.1, -0.05) is 6.92 Å². The van der Waals surface area contributed by atoms with E-state index in [2.05, 4.69) is 27.9 Å². The largest absolute Gasteiger partial charge is 0.368 e. The first-order valence-electron chi connectivity index (χ1n) is 4.91. The van der Waals surface area contributed by atoms with Gasteiger partial charge in [0.1, 0.15) is 11.6 Å². The van der Waals surface area contributed by atoms with E-state index >= 15 is 0 Å². The quantitative estimate of drug-likeness (QED) is 0.726. The molecule has 1 aromatic heterocycles. The van der Waals surface area contributed by atoms with Crippen LogP contribution in [0.3, 0.4) is 0 Å². The maximum absolute atomic E-state index is 9.03. The lowest BCUT2D eigenvalue weighted by Crippen LogP contribution is -2.46. The highest BCUT2D eigenvalue weighted by molar-refractivity contribution is 5.59. The second-order valence-corrected chi connectivity index (χ2v) is 3.99. The molecule has 2 heterocycles. The molecule has 0 atom stereocenters. The predicted octanol–water partition coefficient (Wildman–Crippen LogP) is 0.695. The number of rotatable bonds is 1. The molecule has 78 valence electrons. The first-order valence-corrected chi connectivity index (χ1v) is 4.91. The van der Waals surface area contributed by atoms with Crippen LogP contribution in [-0.2, 0) is 0 Å². The maximum atomic E-state index is 9.03. The van der Waals surface area contributed by atoms with Crippen molar-refractivity contribution in [3.63, 3.8) is 0 Å². The Kier molecular flexibility index (Phi) is 2.19. The minimum absolute atomic E-state index is 0.237. The van der Waals surface area contributed by atoms with Gasteiger partial charge in [-0.2, -0.15) is 10.2 Å². The Hall–Kier alpha value is -1.83. The van der Waals surface area contributed by atoms with Crippen LogP contribution >= 0.6 is 0 Å². The number of aromatic nitrogens is 2. The molecule has 0 spiro atoms. The van der Waals surface area contributed by atoms with Crippen LogP contribution < -0.4 is 10.6 Å². The summed E-state index contributed by atoms with van der Waals surface area (Å²) in [4.78, 5) is 10.2. The Morgan fingerprint density at radius 2 is 2.13 bits per heavy atom. The van der Waals surface area contributed by atoms with E-state index in [0.717, 1.165) is 13.1 Å². The summed E-state index contributed by atoms with van der Waals surface area (Å²) in [7, 11) is 0. The van der Waals surface area contributed by atoms with Gasteiger partial charge < -0.3 is 10.6 Å². The topological polar surface area (TPSA) is 78.8 Å². The van der Waals surface area contributed by atoms with E-state index in [4.69, 9.17) is 11.0 Å². The number of nitriles is 1. The van der Waals surface area contributed by atoms with Crippen molar-refractivity contribution < 1.29 is 0 Å². The lowest BCUT2D eigenvalue weighted by Gasteiger charge is -2.38. The molecule has 2 N–H and O–H groups in total. The van der Waals surface area contributed by atoms with Gasteiger partial charge in [-0.05, 0) is 12.8 Å². The fourth-order valence-electron chi connectivity index (χ4n) is 1.81. The number of nitrogens with zero attached hydrogens (tertiary/aromatic N) is 4. The van der Waals surface area contributed by atoms with Crippen molar-refractivity contribution in [3.05, 3.63) is 11.3 Å². The van der Waals surface area contributed by atoms with Crippen molar-refractivity contribution in [1.82, 2.24) is 9.97 Å². The first-order chi connectivity index (χ1) is 7.11. The summed E-state index contributed by atoms with van der Waals surface area (Å²) >= 11 is 0. The molecule has 0 amide bonds.